The Labute approximate surface area is 175 Å². The SMILES string of the molecule is COc1ccc(C(CC(N)=O)(c2ccc(C)cn2)N2Cc3ccccc3C2=O)cc1. The number of hydrogen-bond donors (Lipinski definition) is 1. The summed E-state index contributed by atoms with van der Waals surface area (Å²) < 4.78 is 5.29. The molecule has 1 atom stereocenters. The molecule has 6 nitrogen and oxygen atoms in total. The predicted molar refractivity (Wildman–Crippen MR) is 113 cm³/mol. The highest BCUT2D eigenvalue weighted by molar-refractivity contribution is 5.99. The number of primary amides is 1. The maximum absolute atomic E-state index is 13.5. The molecule has 30 heavy (non-hydrogen) atoms. The number of carbonyl (C=O) groups is 2. The predicted octanol–water partition coefficient (Wildman–Crippen LogP) is 3.17. The van der Waals surface area contributed by atoms with Crippen molar-refractivity contribution in [2.75, 3.05) is 7.11 Å². The van der Waals surface area contributed by atoms with E-state index in [2.05, 4.69) is 4.98 Å². The highest BCUT2D eigenvalue weighted by Gasteiger charge is 2.48. The first kappa shape index (κ1) is 19.6. The van der Waals surface area contributed by atoms with Crippen molar-refractivity contribution in [3.05, 3.63) is 94.8 Å². The van der Waals surface area contributed by atoms with Crippen LogP contribution in [0.25, 0.3) is 0 Å². The molecule has 152 valence electrons. The summed E-state index contributed by atoms with van der Waals surface area (Å²) in [7, 11) is 1.59. The molecule has 0 spiro atoms. The number of pyridine rings is 1. The van der Waals surface area contributed by atoms with Crippen LogP contribution in [0.4, 0.5) is 0 Å². The molecule has 0 radical (unpaired) electrons. The van der Waals surface area contributed by atoms with E-state index in [9.17, 15) is 9.59 Å². The van der Waals surface area contributed by atoms with Crippen LogP contribution >= 0.6 is 0 Å². The zero-order valence-corrected chi connectivity index (χ0v) is 17.0. The average molecular weight is 401 g/mol. The fraction of sp³-hybridized carbons (Fsp3) is 0.208. The molecule has 2 heterocycles. The second kappa shape index (κ2) is 7.63. The molecular weight excluding hydrogens is 378 g/mol. The monoisotopic (exact) mass is 401 g/mol. The Morgan fingerprint density at radius 3 is 2.47 bits per heavy atom. The number of aryl methyl sites for hydroxylation is 1. The molecule has 0 saturated carbocycles. The molecule has 1 aliphatic heterocycles. The smallest absolute Gasteiger partial charge is 0.255 e. The van der Waals surface area contributed by atoms with Crippen molar-refractivity contribution in [1.82, 2.24) is 9.88 Å². The summed E-state index contributed by atoms with van der Waals surface area (Å²) in [6, 6.07) is 18.6. The molecule has 1 unspecified atom stereocenters. The van der Waals surface area contributed by atoms with Gasteiger partial charge in [-0.25, -0.2) is 0 Å². The number of hydrogen-bond acceptors (Lipinski definition) is 4. The number of aromatic nitrogens is 1. The lowest BCUT2D eigenvalue weighted by atomic mass is 9.80. The fourth-order valence-corrected chi connectivity index (χ4v) is 4.12. The van der Waals surface area contributed by atoms with Crippen molar-refractivity contribution in [3.8, 4) is 5.75 Å². The topological polar surface area (TPSA) is 85.5 Å². The first-order valence-electron chi connectivity index (χ1n) is 9.71. The van der Waals surface area contributed by atoms with E-state index in [0.29, 0.717) is 23.6 Å². The van der Waals surface area contributed by atoms with Crippen molar-refractivity contribution in [2.24, 2.45) is 5.73 Å². The Kier molecular flexibility index (Phi) is 4.99. The van der Waals surface area contributed by atoms with Crippen LogP contribution < -0.4 is 10.5 Å². The molecule has 0 fully saturated rings. The molecule has 2 amide bonds. The van der Waals surface area contributed by atoms with Crippen LogP contribution in [0.5, 0.6) is 5.75 Å². The van der Waals surface area contributed by atoms with Crippen molar-refractivity contribution in [2.45, 2.75) is 25.4 Å². The van der Waals surface area contributed by atoms with Crippen LogP contribution in [0.3, 0.4) is 0 Å². The summed E-state index contributed by atoms with van der Waals surface area (Å²) in [5.41, 5.74) is 8.47. The van der Waals surface area contributed by atoms with Crippen LogP contribution in [0, 0.1) is 6.92 Å². The lowest BCUT2D eigenvalue weighted by molar-refractivity contribution is -0.120. The lowest BCUT2D eigenvalue weighted by Gasteiger charge is -2.41. The van der Waals surface area contributed by atoms with Gasteiger partial charge in [0.15, 0.2) is 0 Å². The Hall–Kier alpha value is -3.67. The molecule has 0 aliphatic carbocycles. The Morgan fingerprint density at radius 2 is 1.87 bits per heavy atom. The van der Waals surface area contributed by atoms with Gasteiger partial charge in [-0.1, -0.05) is 36.4 Å². The number of benzene rings is 2. The van der Waals surface area contributed by atoms with Gasteiger partial charge >= 0.3 is 0 Å². The van der Waals surface area contributed by atoms with E-state index in [4.69, 9.17) is 10.5 Å². The number of methoxy groups -OCH3 is 1. The summed E-state index contributed by atoms with van der Waals surface area (Å²) in [5.74, 6) is 0.0154. The van der Waals surface area contributed by atoms with E-state index in [1.54, 1.807) is 18.2 Å². The van der Waals surface area contributed by atoms with Gasteiger partial charge in [0.05, 0.1) is 19.2 Å². The summed E-state index contributed by atoms with van der Waals surface area (Å²) >= 11 is 0. The van der Waals surface area contributed by atoms with Crippen molar-refractivity contribution in [1.29, 1.82) is 0 Å². The third-order valence-corrected chi connectivity index (χ3v) is 5.61. The Balaban J connectivity index is 1.96. The zero-order chi connectivity index (χ0) is 21.3. The minimum Gasteiger partial charge on any atom is -0.497 e. The summed E-state index contributed by atoms with van der Waals surface area (Å²) in [6.07, 6.45) is 1.65. The van der Waals surface area contributed by atoms with E-state index in [1.165, 1.54) is 0 Å². The third kappa shape index (κ3) is 3.20. The number of nitrogens with two attached hydrogens (primary N) is 1. The molecule has 0 saturated heterocycles. The summed E-state index contributed by atoms with van der Waals surface area (Å²) in [6.45, 7) is 2.31. The zero-order valence-electron chi connectivity index (χ0n) is 17.0. The Morgan fingerprint density at radius 1 is 1.13 bits per heavy atom. The minimum absolute atomic E-state index is 0.0882. The van der Waals surface area contributed by atoms with Crippen molar-refractivity contribution < 1.29 is 14.3 Å². The normalized spacial score (nSPS) is 14.9. The molecule has 2 aromatic carbocycles. The van der Waals surface area contributed by atoms with Crippen LogP contribution in [0.2, 0.25) is 0 Å². The van der Waals surface area contributed by atoms with Crippen LogP contribution in [0.1, 0.15) is 39.2 Å². The first-order chi connectivity index (χ1) is 14.5. The maximum Gasteiger partial charge on any atom is 0.255 e. The van der Waals surface area contributed by atoms with E-state index in [0.717, 1.165) is 16.7 Å². The van der Waals surface area contributed by atoms with Crippen LogP contribution in [-0.2, 0) is 16.9 Å². The van der Waals surface area contributed by atoms with Gasteiger partial charge < -0.3 is 15.4 Å². The number of amides is 2. The molecule has 6 heteroatoms. The van der Waals surface area contributed by atoms with Gasteiger partial charge in [0.2, 0.25) is 5.91 Å². The van der Waals surface area contributed by atoms with Crippen molar-refractivity contribution in [3.63, 3.8) is 0 Å². The molecular formula is C24H23N3O3. The molecule has 0 bridgehead atoms. The van der Waals surface area contributed by atoms with Gasteiger partial charge in [0, 0.05) is 18.3 Å². The van der Waals surface area contributed by atoms with Gasteiger partial charge in [0.25, 0.3) is 5.91 Å². The lowest BCUT2D eigenvalue weighted by Crippen LogP contribution is -2.50. The van der Waals surface area contributed by atoms with Gasteiger partial charge in [-0.15, -0.1) is 0 Å². The number of ether oxygens (including phenoxy) is 1. The van der Waals surface area contributed by atoms with E-state index in [1.807, 2.05) is 67.6 Å². The number of rotatable bonds is 6. The first-order valence-corrected chi connectivity index (χ1v) is 9.71. The molecule has 1 aromatic heterocycles. The van der Waals surface area contributed by atoms with E-state index in [-0.39, 0.29) is 12.3 Å². The quantitative estimate of drug-likeness (QED) is 0.687. The highest BCUT2D eigenvalue weighted by Crippen LogP contribution is 2.43. The highest BCUT2D eigenvalue weighted by atomic mass is 16.5. The minimum atomic E-state index is -1.14. The van der Waals surface area contributed by atoms with E-state index < -0.39 is 11.4 Å². The van der Waals surface area contributed by atoms with Gasteiger partial charge in [-0.05, 0) is 47.9 Å². The molecule has 3 aromatic rings. The average Bonchev–Trinajstić information content (AvgIpc) is 3.10. The molecule has 2 N–H and O–H groups in total. The number of carbonyl (C=O) groups excluding carboxylic acids is 2. The van der Waals surface area contributed by atoms with Crippen molar-refractivity contribution >= 4 is 11.8 Å². The number of fused-ring (bicyclic) bond motifs is 1. The van der Waals surface area contributed by atoms with Gasteiger partial charge in [0.1, 0.15) is 11.3 Å². The van der Waals surface area contributed by atoms with Crippen LogP contribution in [-0.4, -0.2) is 28.8 Å². The molecule has 4 rings (SSSR count). The molecule has 1 aliphatic rings. The largest absolute Gasteiger partial charge is 0.497 e. The second-order valence-electron chi connectivity index (χ2n) is 7.50. The number of nitrogens with zero attached hydrogens (tertiary/aromatic N) is 2. The van der Waals surface area contributed by atoms with Gasteiger partial charge in [-0.3, -0.25) is 14.6 Å². The third-order valence-electron chi connectivity index (χ3n) is 5.61. The standard InChI is InChI=1S/C24H23N3O3/c1-16-7-12-21(26-14-16)24(13-22(25)28,18-8-10-19(30-2)11-9-18)27-15-17-5-3-4-6-20(17)23(27)29/h3-12,14H,13,15H2,1-2H3,(H2,25,28). The Bertz CT molecular complexity index is 1090. The summed E-state index contributed by atoms with van der Waals surface area (Å²) in [4.78, 5) is 32.1. The second-order valence-corrected chi connectivity index (χ2v) is 7.50. The maximum atomic E-state index is 13.5. The van der Waals surface area contributed by atoms with Gasteiger partial charge in [-0.2, -0.15) is 0 Å². The van der Waals surface area contributed by atoms with E-state index >= 15 is 0 Å². The van der Waals surface area contributed by atoms with Crippen LogP contribution in [0.15, 0.2) is 66.9 Å². The fourth-order valence-electron chi connectivity index (χ4n) is 4.12. The summed E-state index contributed by atoms with van der Waals surface area (Å²) in [5, 5.41) is 0.